The molecule has 2 aliphatic heterocycles. The van der Waals surface area contributed by atoms with Crippen molar-refractivity contribution in [2.75, 3.05) is 31.1 Å². The van der Waals surface area contributed by atoms with Crippen LogP contribution in [0, 0.1) is 12.8 Å². The molecular weight excluding hydrogens is 426 g/mol. The van der Waals surface area contributed by atoms with Crippen molar-refractivity contribution in [3.8, 4) is 0 Å². The smallest absolute Gasteiger partial charge is 0.293 e. The molecule has 3 heterocycles. The second-order valence-corrected chi connectivity index (χ2v) is 8.88. The quantitative estimate of drug-likeness (QED) is 0.675. The molecule has 0 bridgehead atoms. The van der Waals surface area contributed by atoms with Gasteiger partial charge < -0.3 is 10.2 Å². The van der Waals surface area contributed by atoms with E-state index < -0.39 is 0 Å². The van der Waals surface area contributed by atoms with Crippen LogP contribution < -0.4 is 10.2 Å². The summed E-state index contributed by atoms with van der Waals surface area (Å²) in [6, 6.07) is 7.75. The lowest BCUT2D eigenvalue weighted by Crippen LogP contribution is -2.45. The van der Waals surface area contributed by atoms with Crippen molar-refractivity contribution in [1.29, 1.82) is 0 Å². The van der Waals surface area contributed by atoms with Crippen LogP contribution in [0.1, 0.15) is 24.0 Å². The summed E-state index contributed by atoms with van der Waals surface area (Å²) in [7, 11) is 0. The number of imide groups is 1. The molecule has 3 amide bonds. The molecule has 0 spiro atoms. The first-order valence-electron chi connectivity index (χ1n) is 10.6. The average Bonchev–Trinajstić information content (AvgIpc) is 3.08. The number of benzene rings is 1. The van der Waals surface area contributed by atoms with Gasteiger partial charge in [0.1, 0.15) is 5.82 Å². The zero-order chi connectivity index (χ0) is 22.5. The monoisotopic (exact) mass is 451 g/mol. The summed E-state index contributed by atoms with van der Waals surface area (Å²) in [6.45, 7) is 3.79. The molecule has 166 valence electrons. The highest BCUT2D eigenvalue weighted by molar-refractivity contribution is 8.18. The van der Waals surface area contributed by atoms with Crippen molar-refractivity contribution in [3.63, 3.8) is 0 Å². The predicted octanol–water partition coefficient (Wildman–Crippen LogP) is 2.85. The van der Waals surface area contributed by atoms with Gasteiger partial charge in [0, 0.05) is 38.6 Å². The van der Waals surface area contributed by atoms with Crippen molar-refractivity contribution in [1.82, 2.24) is 20.2 Å². The molecule has 0 aliphatic carbocycles. The molecule has 2 aliphatic rings. The molecule has 1 atom stereocenters. The van der Waals surface area contributed by atoms with E-state index in [0.717, 1.165) is 48.1 Å². The van der Waals surface area contributed by atoms with Gasteiger partial charge in [0.05, 0.1) is 17.0 Å². The maximum absolute atomic E-state index is 12.7. The first-order valence-corrected chi connectivity index (χ1v) is 11.4. The van der Waals surface area contributed by atoms with E-state index in [0.29, 0.717) is 11.4 Å². The molecule has 1 aromatic carbocycles. The van der Waals surface area contributed by atoms with E-state index in [4.69, 9.17) is 0 Å². The normalized spacial score (nSPS) is 20.2. The van der Waals surface area contributed by atoms with Gasteiger partial charge in [0.2, 0.25) is 5.91 Å². The van der Waals surface area contributed by atoms with Crippen molar-refractivity contribution >= 4 is 40.7 Å². The summed E-state index contributed by atoms with van der Waals surface area (Å²) in [4.78, 5) is 49.7. The minimum absolute atomic E-state index is 0.0687. The molecule has 4 rings (SSSR count). The number of hydrogen-bond acceptors (Lipinski definition) is 7. The fourth-order valence-corrected chi connectivity index (χ4v) is 4.66. The molecule has 0 saturated carbocycles. The van der Waals surface area contributed by atoms with Crippen molar-refractivity contribution < 1.29 is 14.4 Å². The summed E-state index contributed by atoms with van der Waals surface area (Å²) < 4.78 is 0. The van der Waals surface area contributed by atoms with Crippen LogP contribution in [-0.2, 0) is 9.59 Å². The van der Waals surface area contributed by atoms with Gasteiger partial charge in [-0.25, -0.2) is 4.98 Å². The zero-order valence-electron chi connectivity index (χ0n) is 17.9. The van der Waals surface area contributed by atoms with Crippen molar-refractivity contribution in [2.24, 2.45) is 5.92 Å². The molecule has 0 radical (unpaired) electrons. The van der Waals surface area contributed by atoms with Gasteiger partial charge in [-0.1, -0.05) is 29.8 Å². The minimum Gasteiger partial charge on any atom is -0.355 e. The second-order valence-electron chi connectivity index (χ2n) is 7.88. The number of aromatic nitrogens is 2. The van der Waals surface area contributed by atoms with Crippen LogP contribution in [0.5, 0.6) is 0 Å². The highest BCUT2D eigenvalue weighted by atomic mass is 32.2. The Bertz CT molecular complexity index is 1030. The first kappa shape index (κ1) is 22.0. The number of piperidine rings is 1. The number of amides is 3. The number of thioether (sulfide) groups is 1. The molecular formula is C23H25N5O3S. The molecule has 2 saturated heterocycles. The average molecular weight is 452 g/mol. The van der Waals surface area contributed by atoms with Gasteiger partial charge in [0.25, 0.3) is 11.1 Å². The molecule has 9 heteroatoms. The Kier molecular flexibility index (Phi) is 6.84. The molecule has 2 fully saturated rings. The fraction of sp³-hybridized carbons (Fsp3) is 0.348. The summed E-state index contributed by atoms with van der Waals surface area (Å²) in [5.41, 5.74) is 2.00. The van der Waals surface area contributed by atoms with Crippen molar-refractivity contribution in [3.05, 3.63) is 58.9 Å². The molecule has 2 aromatic rings. The van der Waals surface area contributed by atoms with E-state index in [1.807, 2.05) is 31.2 Å². The highest BCUT2D eigenvalue weighted by Gasteiger charge is 2.35. The molecule has 32 heavy (non-hydrogen) atoms. The number of carbonyl (C=O) groups excluding carboxylic acids is 3. The second kappa shape index (κ2) is 9.95. The lowest BCUT2D eigenvalue weighted by atomic mass is 9.97. The summed E-state index contributed by atoms with van der Waals surface area (Å²) in [5.74, 6) is 0.215. The Balaban J connectivity index is 1.29. The maximum Gasteiger partial charge on any atom is 0.293 e. The Hall–Kier alpha value is -3.20. The molecule has 8 nitrogen and oxygen atoms in total. The number of aryl methyl sites for hydroxylation is 1. The third-order valence-electron chi connectivity index (χ3n) is 5.55. The summed E-state index contributed by atoms with van der Waals surface area (Å²) in [6.07, 6.45) is 8.38. The summed E-state index contributed by atoms with van der Waals surface area (Å²) >= 11 is 0.932. The Morgan fingerprint density at radius 3 is 2.81 bits per heavy atom. The van der Waals surface area contributed by atoms with E-state index >= 15 is 0 Å². The predicted molar refractivity (Wildman–Crippen MR) is 124 cm³/mol. The standard InChI is InChI=1S/C23H25N5O3S/c1-16-4-6-17(7-5-16)13-19-22(30)28(23(31)32-19)12-10-26-21(29)18-3-2-11-27(15-18)20-14-24-8-9-25-20/h4-9,13-14,18H,2-3,10-12,15H2,1H3,(H,26,29)/b19-13-. The minimum atomic E-state index is -0.318. The molecule has 1 unspecified atom stereocenters. The Morgan fingerprint density at radius 2 is 2.06 bits per heavy atom. The number of anilines is 1. The van der Waals surface area contributed by atoms with Crippen LogP contribution in [0.2, 0.25) is 0 Å². The number of rotatable bonds is 6. The topological polar surface area (TPSA) is 95.5 Å². The van der Waals surface area contributed by atoms with Gasteiger partial charge in [-0.05, 0) is 43.2 Å². The summed E-state index contributed by atoms with van der Waals surface area (Å²) in [5, 5.41) is 2.58. The Labute approximate surface area is 191 Å². The Morgan fingerprint density at radius 1 is 1.25 bits per heavy atom. The van der Waals surface area contributed by atoms with Crippen LogP contribution in [0.3, 0.4) is 0 Å². The largest absolute Gasteiger partial charge is 0.355 e. The zero-order valence-corrected chi connectivity index (χ0v) is 18.7. The number of hydrogen-bond donors (Lipinski definition) is 1. The van der Waals surface area contributed by atoms with Gasteiger partial charge >= 0.3 is 0 Å². The van der Waals surface area contributed by atoms with Crippen molar-refractivity contribution in [2.45, 2.75) is 19.8 Å². The maximum atomic E-state index is 12.7. The van der Waals surface area contributed by atoms with Crippen LogP contribution >= 0.6 is 11.8 Å². The lowest BCUT2D eigenvalue weighted by Gasteiger charge is -2.32. The lowest BCUT2D eigenvalue weighted by molar-refractivity contribution is -0.126. The highest BCUT2D eigenvalue weighted by Crippen LogP contribution is 2.32. The number of carbonyl (C=O) groups is 3. The van der Waals surface area contributed by atoms with Gasteiger partial charge in [-0.2, -0.15) is 0 Å². The van der Waals surface area contributed by atoms with Gasteiger partial charge in [-0.3, -0.25) is 24.3 Å². The molecule has 1 N–H and O–H groups in total. The van der Waals surface area contributed by atoms with Gasteiger partial charge in [0.15, 0.2) is 0 Å². The third kappa shape index (κ3) is 5.16. The van der Waals surface area contributed by atoms with Crippen LogP contribution in [0.25, 0.3) is 6.08 Å². The molecule has 1 aromatic heterocycles. The van der Waals surface area contributed by atoms with E-state index in [-0.39, 0.29) is 36.1 Å². The fourth-order valence-electron chi connectivity index (χ4n) is 3.80. The SMILES string of the molecule is Cc1ccc(/C=C2\SC(=O)N(CCNC(=O)C3CCCN(c4cnccn4)C3)C2=O)cc1. The number of nitrogens with zero attached hydrogens (tertiary/aromatic N) is 4. The van der Waals surface area contributed by atoms with Crippen LogP contribution in [0.15, 0.2) is 47.8 Å². The van der Waals surface area contributed by atoms with Crippen LogP contribution in [-0.4, -0.2) is 58.1 Å². The van der Waals surface area contributed by atoms with E-state index in [1.165, 1.54) is 4.90 Å². The third-order valence-corrected chi connectivity index (χ3v) is 6.46. The van der Waals surface area contributed by atoms with E-state index in [2.05, 4.69) is 20.2 Å². The van der Waals surface area contributed by atoms with E-state index in [9.17, 15) is 14.4 Å². The van der Waals surface area contributed by atoms with E-state index in [1.54, 1.807) is 24.7 Å². The van der Waals surface area contributed by atoms with Crippen LogP contribution in [0.4, 0.5) is 10.6 Å². The van der Waals surface area contributed by atoms with Gasteiger partial charge in [-0.15, -0.1) is 0 Å². The first-order chi connectivity index (χ1) is 15.5. The number of nitrogens with one attached hydrogen (secondary N) is 1.